The van der Waals surface area contributed by atoms with Crippen LogP contribution >= 0.6 is 12.4 Å². The van der Waals surface area contributed by atoms with Crippen LogP contribution in [0.4, 0.5) is 13.2 Å². The van der Waals surface area contributed by atoms with E-state index in [1.165, 1.54) is 13.1 Å². The quantitative estimate of drug-likeness (QED) is 0.740. The number of halogens is 4. The summed E-state index contributed by atoms with van der Waals surface area (Å²) < 4.78 is 35.9. The number of nitrogens with one attached hydrogen (secondary N) is 1. The first kappa shape index (κ1) is 16.7. The van der Waals surface area contributed by atoms with E-state index in [2.05, 4.69) is 11.9 Å². The third-order valence-electron chi connectivity index (χ3n) is 1.40. The van der Waals surface area contributed by atoms with Crippen LogP contribution in [0, 0.1) is 0 Å². The van der Waals surface area contributed by atoms with Gasteiger partial charge in [0.25, 0.3) is 0 Å². The fourth-order valence-electron chi connectivity index (χ4n) is 0.890. The summed E-state index contributed by atoms with van der Waals surface area (Å²) in [5.41, 5.74) is 0. The molecule has 3 nitrogen and oxygen atoms in total. The SMILES string of the molecule is C=CCN(CC(F)(F)F)C(=O)CNC.Cl. The normalized spacial score (nSPS) is 10.4. The van der Waals surface area contributed by atoms with Crippen LogP contribution in [0.5, 0.6) is 0 Å². The molecule has 0 heterocycles. The van der Waals surface area contributed by atoms with Gasteiger partial charge in [0.05, 0.1) is 6.54 Å². The van der Waals surface area contributed by atoms with E-state index in [9.17, 15) is 18.0 Å². The van der Waals surface area contributed by atoms with Crippen molar-refractivity contribution in [2.24, 2.45) is 0 Å². The topological polar surface area (TPSA) is 32.3 Å². The van der Waals surface area contributed by atoms with E-state index in [0.717, 1.165) is 0 Å². The molecule has 0 aliphatic rings. The highest BCUT2D eigenvalue weighted by Crippen LogP contribution is 2.16. The van der Waals surface area contributed by atoms with Crippen LogP contribution in [0.15, 0.2) is 12.7 Å². The lowest BCUT2D eigenvalue weighted by Gasteiger charge is -2.22. The van der Waals surface area contributed by atoms with E-state index < -0.39 is 18.6 Å². The summed E-state index contributed by atoms with van der Waals surface area (Å²) in [5.74, 6) is -0.593. The molecule has 7 heteroatoms. The van der Waals surface area contributed by atoms with E-state index in [1.807, 2.05) is 0 Å². The lowest BCUT2D eigenvalue weighted by molar-refractivity contribution is -0.159. The van der Waals surface area contributed by atoms with Crippen LogP contribution in [0.25, 0.3) is 0 Å². The molecule has 0 aromatic carbocycles. The van der Waals surface area contributed by atoms with E-state index >= 15 is 0 Å². The largest absolute Gasteiger partial charge is 0.406 e. The van der Waals surface area contributed by atoms with Gasteiger partial charge in [-0.15, -0.1) is 19.0 Å². The number of hydrogen-bond acceptors (Lipinski definition) is 2. The Morgan fingerprint density at radius 3 is 2.40 bits per heavy atom. The van der Waals surface area contributed by atoms with Gasteiger partial charge < -0.3 is 10.2 Å². The van der Waals surface area contributed by atoms with Crippen LogP contribution in [-0.2, 0) is 4.79 Å². The summed E-state index contributed by atoms with van der Waals surface area (Å²) in [6.07, 6.45) is -3.11. The number of carbonyl (C=O) groups excluding carboxylic acids is 1. The molecule has 0 bridgehead atoms. The Hall–Kier alpha value is -0.750. The van der Waals surface area contributed by atoms with Crippen LogP contribution in [0.2, 0.25) is 0 Å². The highest BCUT2D eigenvalue weighted by molar-refractivity contribution is 5.85. The molecule has 0 rings (SSSR count). The van der Waals surface area contributed by atoms with Crippen LogP contribution in [0.3, 0.4) is 0 Å². The van der Waals surface area contributed by atoms with Gasteiger partial charge in [-0.3, -0.25) is 4.79 Å². The molecule has 0 fully saturated rings. The van der Waals surface area contributed by atoms with Gasteiger partial charge in [0.15, 0.2) is 0 Å². The van der Waals surface area contributed by atoms with Crippen molar-refractivity contribution in [3.63, 3.8) is 0 Å². The van der Waals surface area contributed by atoms with Gasteiger partial charge in [0, 0.05) is 6.54 Å². The first-order valence-electron chi connectivity index (χ1n) is 4.00. The number of hydrogen-bond donors (Lipinski definition) is 1. The molecule has 0 unspecified atom stereocenters. The minimum atomic E-state index is -4.37. The lowest BCUT2D eigenvalue weighted by Crippen LogP contribution is -2.42. The molecule has 0 saturated carbocycles. The molecule has 1 amide bonds. The molecule has 0 atom stereocenters. The summed E-state index contributed by atoms with van der Waals surface area (Å²) in [6, 6.07) is 0. The highest BCUT2D eigenvalue weighted by Gasteiger charge is 2.32. The second-order valence-corrected chi connectivity index (χ2v) is 2.71. The van der Waals surface area contributed by atoms with Crippen molar-refractivity contribution in [3.05, 3.63) is 12.7 Å². The molecule has 0 aromatic heterocycles. The van der Waals surface area contributed by atoms with Crippen molar-refractivity contribution in [2.75, 3.05) is 26.7 Å². The van der Waals surface area contributed by atoms with Crippen LogP contribution < -0.4 is 5.32 Å². The molecular formula is C8H14ClF3N2O. The monoisotopic (exact) mass is 246 g/mol. The maximum Gasteiger partial charge on any atom is 0.406 e. The third kappa shape index (κ3) is 8.26. The summed E-state index contributed by atoms with van der Waals surface area (Å²) in [7, 11) is 1.50. The average Bonchev–Trinajstić information content (AvgIpc) is 2.01. The predicted molar refractivity (Wildman–Crippen MR) is 54.0 cm³/mol. The van der Waals surface area contributed by atoms with Crippen molar-refractivity contribution in [3.8, 4) is 0 Å². The van der Waals surface area contributed by atoms with Crippen molar-refractivity contribution >= 4 is 18.3 Å². The van der Waals surface area contributed by atoms with Gasteiger partial charge in [-0.25, -0.2) is 0 Å². The minimum absolute atomic E-state index is 0. The first-order chi connectivity index (χ1) is 6.40. The van der Waals surface area contributed by atoms with E-state index in [-0.39, 0.29) is 25.5 Å². The van der Waals surface area contributed by atoms with Crippen LogP contribution in [-0.4, -0.2) is 43.7 Å². The number of rotatable bonds is 5. The van der Waals surface area contributed by atoms with Gasteiger partial charge >= 0.3 is 6.18 Å². The molecule has 0 aliphatic heterocycles. The second-order valence-electron chi connectivity index (χ2n) is 2.71. The molecule has 15 heavy (non-hydrogen) atoms. The van der Waals surface area contributed by atoms with Gasteiger partial charge in [0.2, 0.25) is 5.91 Å². The number of likely N-dealkylation sites (N-methyl/N-ethyl adjacent to an activating group) is 1. The fraction of sp³-hybridized carbons (Fsp3) is 0.625. The summed E-state index contributed by atoms with van der Waals surface area (Å²) in [6.45, 7) is 1.85. The Labute approximate surface area is 92.7 Å². The summed E-state index contributed by atoms with van der Waals surface area (Å²) >= 11 is 0. The average molecular weight is 247 g/mol. The Bertz CT molecular complexity index is 209. The number of alkyl halides is 3. The Morgan fingerprint density at radius 1 is 1.53 bits per heavy atom. The molecule has 0 aromatic rings. The zero-order valence-electron chi connectivity index (χ0n) is 8.30. The number of amides is 1. The molecule has 1 N–H and O–H groups in total. The van der Waals surface area contributed by atoms with Crippen molar-refractivity contribution in [1.29, 1.82) is 0 Å². The first-order valence-corrected chi connectivity index (χ1v) is 4.00. The standard InChI is InChI=1S/C8H13F3N2O.ClH/c1-3-4-13(6-8(9,10)11)7(14)5-12-2;/h3,12H,1,4-6H2,2H3;1H. The van der Waals surface area contributed by atoms with E-state index in [0.29, 0.717) is 4.90 Å². The Kier molecular flexibility index (Phi) is 8.37. The summed E-state index contributed by atoms with van der Waals surface area (Å²) in [4.78, 5) is 11.8. The maximum absolute atomic E-state index is 12.0. The van der Waals surface area contributed by atoms with Crippen molar-refractivity contribution < 1.29 is 18.0 Å². The van der Waals surface area contributed by atoms with E-state index in [4.69, 9.17) is 0 Å². The third-order valence-corrected chi connectivity index (χ3v) is 1.40. The van der Waals surface area contributed by atoms with Gasteiger partial charge in [-0.05, 0) is 7.05 Å². The fourth-order valence-corrected chi connectivity index (χ4v) is 0.890. The second kappa shape index (κ2) is 7.53. The lowest BCUT2D eigenvalue weighted by atomic mass is 10.4. The van der Waals surface area contributed by atoms with E-state index in [1.54, 1.807) is 0 Å². The minimum Gasteiger partial charge on any atom is -0.329 e. The zero-order valence-corrected chi connectivity index (χ0v) is 9.12. The Morgan fingerprint density at radius 2 is 2.07 bits per heavy atom. The zero-order chi connectivity index (χ0) is 11.2. The highest BCUT2D eigenvalue weighted by atomic mass is 35.5. The molecular weight excluding hydrogens is 233 g/mol. The summed E-state index contributed by atoms with van der Waals surface area (Å²) in [5, 5.41) is 2.50. The molecule has 0 radical (unpaired) electrons. The number of nitrogens with zero attached hydrogens (tertiary/aromatic N) is 1. The molecule has 0 spiro atoms. The van der Waals surface area contributed by atoms with Crippen LogP contribution in [0.1, 0.15) is 0 Å². The number of carbonyl (C=O) groups is 1. The molecule has 0 saturated heterocycles. The van der Waals surface area contributed by atoms with Gasteiger partial charge in [0.1, 0.15) is 6.54 Å². The Balaban J connectivity index is 0. The maximum atomic E-state index is 12.0. The van der Waals surface area contributed by atoms with Gasteiger partial charge in [-0.1, -0.05) is 6.08 Å². The molecule has 0 aliphatic carbocycles. The predicted octanol–water partition coefficient (Wildman–Crippen LogP) is 1.20. The van der Waals surface area contributed by atoms with Crippen molar-refractivity contribution in [1.82, 2.24) is 10.2 Å². The smallest absolute Gasteiger partial charge is 0.329 e. The molecule has 90 valence electrons. The van der Waals surface area contributed by atoms with Gasteiger partial charge in [-0.2, -0.15) is 13.2 Å². The van der Waals surface area contributed by atoms with Crippen molar-refractivity contribution in [2.45, 2.75) is 6.18 Å².